The molecule has 0 spiro atoms. The number of aryl methyl sites for hydroxylation is 1. The molecule has 4 heteroatoms. The van der Waals surface area contributed by atoms with Gasteiger partial charge in [-0.15, -0.1) is 0 Å². The number of amides is 1. The van der Waals surface area contributed by atoms with Crippen molar-refractivity contribution in [2.45, 2.75) is 46.1 Å². The van der Waals surface area contributed by atoms with Gasteiger partial charge in [0.05, 0.1) is 5.69 Å². The zero-order chi connectivity index (χ0) is 11.8. The van der Waals surface area contributed by atoms with Crippen LogP contribution >= 0.6 is 0 Å². The van der Waals surface area contributed by atoms with Gasteiger partial charge in [0.2, 0.25) is 5.76 Å². The van der Waals surface area contributed by atoms with Crippen LogP contribution in [0.1, 0.15) is 49.4 Å². The van der Waals surface area contributed by atoms with E-state index >= 15 is 0 Å². The van der Waals surface area contributed by atoms with E-state index in [0.29, 0.717) is 11.2 Å². The number of carbonyl (C=O) groups excluding carboxylic acids is 1. The van der Waals surface area contributed by atoms with Crippen LogP contribution in [0.25, 0.3) is 0 Å². The molecule has 1 aromatic rings. The topological polar surface area (TPSA) is 55.1 Å². The third-order valence-corrected chi connectivity index (χ3v) is 3.16. The van der Waals surface area contributed by atoms with E-state index in [1.54, 1.807) is 13.0 Å². The summed E-state index contributed by atoms with van der Waals surface area (Å²) in [6.45, 7) is 6.27. The Morgan fingerprint density at radius 3 is 2.88 bits per heavy atom. The molecule has 1 atom stereocenters. The maximum atomic E-state index is 11.8. The molecule has 1 heterocycles. The van der Waals surface area contributed by atoms with Crippen molar-refractivity contribution in [3.63, 3.8) is 0 Å². The first-order valence-electron chi connectivity index (χ1n) is 5.70. The SMILES string of the molecule is Cc1cc(C(=O)NC2CCC(C)(C)C2)on1. The quantitative estimate of drug-likeness (QED) is 0.835. The van der Waals surface area contributed by atoms with Crippen molar-refractivity contribution in [1.29, 1.82) is 0 Å². The van der Waals surface area contributed by atoms with Gasteiger partial charge < -0.3 is 9.84 Å². The molecule has 0 bridgehead atoms. The monoisotopic (exact) mass is 222 g/mol. The van der Waals surface area contributed by atoms with Gasteiger partial charge in [0.1, 0.15) is 0 Å². The Balaban J connectivity index is 1.94. The molecule has 1 saturated carbocycles. The van der Waals surface area contributed by atoms with Gasteiger partial charge in [-0.1, -0.05) is 19.0 Å². The lowest BCUT2D eigenvalue weighted by atomic mass is 9.92. The largest absolute Gasteiger partial charge is 0.351 e. The molecule has 1 aliphatic carbocycles. The Hall–Kier alpha value is -1.32. The van der Waals surface area contributed by atoms with Gasteiger partial charge in [-0.2, -0.15) is 0 Å². The summed E-state index contributed by atoms with van der Waals surface area (Å²) >= 11 is 0. The average Bonchev–Trinajstić information content (AvgIpc) is 2.73. The summed E-state index contributed by atoms with van der Waals surface area (Å²) in [7, 11) is 0. The summed E-state index contributed by atoms with van der Waals surface area (Å²) in [4.78, 5) is 11.8. The van der Waals surface area contributed by atoms with Gasteiger partial charge in [0.25, 0.3) is 5.91 Å². The molecule has 4 nitrogen and oxygen atoms in total. The molecule has 88 valence electrons. The third-order valence-electron chi connectivity index (χ3n) is 3.16. The number of aromatic nitrogens is 1. The molecule has 2 rings (SSSR count). The second-order valence-corrected chi connectivity index (χ2v) is 5.41. The smallest absolute Gasteiger partial charge is 0.290 e. The van der Waals surface area contributed by atoms with Crippen LogP contribution in [0.15, 0.2) is 10.6 Å². The maximum Gasteiger partial charge on any atom is 0.290 e. The fourth-order valence-corrected chi connectivity index (χ4v) is 2.29. The standard InChI is InChI=1S/C12H18N2O2/c1-8-6-10(16-14-8)11(15)13-9-4-5-12(2,3)7-9/h6,9H,4-5,7H2,1-3H3,(H,13,15). The molecule has 1 aromatic heterocycles. The first kappa shape index (κ1) is 11.2. The Bertz CT molecular complexity index is 395. The molecular formula is C12H18N2O2. The van der Waals surface area contributed by atoms with Gasteiger partial charge in [0.15, 0.2) is 0 Å². The second-order valence-electron chi connectivity index (χ2n) is 5.41. The Kier molecular flexibility index (Phi) is 2.74. The average molecular weight is 222 g/mol. The first-order valence-corrected chi connectivity index (χ1v) is 5.70. The lowest BCUT2D eigenvalue weighted by Crippen LogP contribution is -2.33. The lowest BCUT2D eigenvalue weighted by Gasteiger charge is -2.17. The van der Waals surface area contributed by atoms with Crippen molar-refractivity contribution in [3.05, 3.63) is 17.5 Å². The van der Waals surface area contributed by atoms with Gasteiger partial charge in [-0.05, 0) is 31.6 Å². The normalized spacial score (nSPS) is 23.3. The van der Waals surface area contributed by atoms with Crippen molar-refractivity contribution in [2.75, 3.05) is 0 Å². The number of hydrogen-bond acceptors (Lipinski definition) is 3. The Morgan fingerprint density at radius 1 is 1.62 bits per heavy atom. The highest BCUT2D eigenvalue weighted by Gasteiger charge is 2.32. The van der Waals surface area contributed by atoms with Crippen molar-refractivity contribution in [1.82, 2.24) is 10.5 Å². The van der Waals surface area contributed by atoms with E-state index in [9.17, 15) is 4.79 Å². The van der Waals surface area contributed by atoms with Gasteiger partial charge in [-0.3, -0.25) is 4.79 Å². The van der Waals surface area contributed by atoms with E-state index in [-0.39, 0.29) is 11.9 Å². The highest BCUT2D eigenvalue weighted by atomic mass is 16.5. The number of nitrogens with one attached hydrogen (secondary N) is 1. The van der Waals surface area contributed by atoms with E-state index in [4.69, 9.17) is 4.52 Å². The highest BCUT2D eigenvalue weighted by molar-refractivity contribution is 5.91. The fourth-order valence-electron chi connectivity index (χ4n) is 2.29. The molecule has 0 saturated heterocycles. The summed E-state index contributed by atoms with van der Waals surface area (Å²) in [6.07, 6.45) is 3.24. The highest BCUT2D eigenvalue weighted by Crippen LogP contribution is 2.36. The van der Waals surface area contributed by atoms with E-state index in [2.05, 4.69) is 24.3 Å². The minimum atomic E-state index is -0.150. The summed E-state index contributed by atoms with van der Waals surface area (Å²) < 4.78 is 4.93. The molecule has 1 unspecified atom stereocenters. The molecule has 1 aliphatic rings. The van der Waals surface area contributed by atoms with Crippen molar-refractivity contribution >= 4 is 5.91 Å². The van der Waals surface area contributed by atoms with Gasteiger partial charge >= 0.3 is 0 Å². The van der Waals surface area contributed by atoms with Crippen molar-refractivity contribution in [2.24, 2.45) is 5.41 Å². The van der Waals surface area contributed by atoms with Crippen molar-refractivity contribution < 1.29 is 9.32 Å². The van der Waals surface area contributed by atoms with E-state index in [1.807, 2.05) is 0 Å². The van der Waals surface area contributed by atoms with Crippen LogP contribution in [-0.2, 0) is 0 Å². The number of nitrogens with zero attached hydrogens (tertiary/aromatic N) is 1. The third kappa shape index (κ3) is 2.43. The van der Waals surface area contributed by atoms with Crippen LogP contribution < -0.4 is 5.32 Å². The fraction of sp³-hybridized carbons (Fsp3) is 0.667. The molecule has 1 N–H and O–H groups in total. The molecule has 16 heavy (non-hydrogen) atoms. The van der Waals surface area contributed by atoms with Crippen molar-refractivity contribution in [3.8, 4) is 0 Å². The van der Waals surface area contributed by atoms with E-state index in [0.717, 1.165) is 25.0 Å². The Morgan fingerprint density at radius 2 is 2.38 bits per heavy atom. The zero-order valence-electron chi connectivity index (χ0n) is 10.0. The van der Waals surface area contributed by atoms with Crippen LogP contribution in [0.2, 0.25) is 0 Å². The number of carbonyl (C=O) groups is 1. The first-order chi connectivity index (χ1) is 7.46. The lowest BCUT2D eigenvalue weighted by molar-refractivity contribution is 0.0898. The predicted octanol–water partition coefficient (Wildman–Crippen LogP) is 2.29. The summed E-state index contributed by atoms with van der Waals surface area (Å²) in [6, 6.07) is 1.93. The summed E-state index contributed by atoms with van der Waals surface area (Å²) in [5.74, 6) is 0.158. The predicted molar refractivity (Wildman–Crippen MR) is 60.1 cm³/mol. The van der Waals surface area contributed by atoms with Crippen LogP contribution in [0.3, 0.4) is 0 Å². The second kappa shape index (κ2) is 3.92. The van der Waals surface area contributed by atoms with Crippen LogP contribution in [0.5, 0.6) is 0 Å². The molecule has 1 amide bonds. The van der Waals surface area contributed by atoms with Gasteiger partial charge in [-0.25, -0.2) is 0 Å². The van der Waals surface area contributed by atoms with Crippen LogP contribution in [0.4, 0.5) is 0 Å². The molecule has 0 radical (unpaired) electrons. The van der Waals surface area contributed by atoms with Crippen LogP contribution in [0, 0.1) is 12.3 Å². The summed E-state index contributed by atoms with van der Waals surface area (Å²) in [5, 5.41) is 6.70. The molecule has 1 fully saturated rings. The zero-order valence-corrected chi connectivity index (χ0v) is 10.0. The maximum absolute atomic E-state index is 11.8. The molecule has 0 aromatic carbocycles. The molecular weight excluding hydrogens is 204 g/mol. The minimum absolute atomic E-state index is 0.150. The minimum Gasteiger partial charge on any atom is -0.351 e. The van der Waals surface area contributed by atoms with Gasteiger partial charge in [0, 0.05) is 12.1 Å². The number of rotatable bonds is 2. The van der Waals surface area contributed by atoms with Crippen LogP contribution in [-0.4, -0.2) is 17.1 Å². The van der Waals surface area contributed by atoms with E-state index in [1.165, 1.54) is 0 Å². The summed E-state index contributed by atoms with van der Waals surface area (Å²) in [5.41, 5.74) is 1.08. The number of hydrogen-bond donors (Lipinski definition) is 1. The Labute approximate surface area is 95.4 Å². The van der Waals surface area contributed by atoms with E-state index < -0.39 is 0 Å². The molecule has 0 aliphatic heterocycles.